The fraction of sp³-hybridized carbons (Fsp3) is 0.300. The molecule has 1 aliphatic heterocycles. The third-order valence-corrected chi connectivity index (χ3v) is 5.09. The highest BCUT2D eigenvalue weighted by Gasteiger charge is 2.25. The number of benzene rings is 1. The summed E-state index contributed by atoms with van der Waals surface area (Å²) in [6, 6.07) is 11.3. The smallest absolute Gasteiger partial charge is 0.271 e. The average molecular weight is 363 g/mol. The largest absolute Gasteiger partial charge is 0.364 e. The summed E-state index contributed by atoms with van der Waals surface area (Å²) < 4.78 is 1.56. The van der Waals surface area contributed by atoms with Crippen LogP contribution in [0, 0.1) is 5.92 Å². The van der Waals surface area contributed by atoms with E-state index < -0.39 is 5.91 Å². The van der Waals surface area contributed by atoms with Crippen LogP contribution < -0.4 is 5.73 Å². The molecule has 0 atom stereocenters. The summed E-state index contributed by atoms with van der Waals surface area (Å²) in [7, 11) is 0. The van der Waals surface area contributed by atoms with Gasteiger partial charge in [-0.15, -0.1) is 0 Å². The van der Waals surface area contributed by atoms with Crippen molar-refractivity contribution < 1.29 is 9.59 Å². The summed E-state index contributed by atoms with van der Waals surface area (Å²) in [5.74, 6) is -0.124. The number of nitrogens with two attached hydrogens (primary N) is 1. The zero-order chi connectivity index (χ0) is 19.0. The van der Waals surface area contributed by atoms with Crippen molar-refractivity contribution >= 4 is 17.5 Å². The van der Waals surface area contributed by atoms with E-state index in [2.05, 4.69) is 16.9 Å². The second-order valence-corrected chi connectivity index (χ2v) is 7.02. The monoisotopic (exact) mass is 363 g/mol. The van der Waals surface area contributed by atoms with E-state index in [9.17, 15) is 9.59 Å². The SMILES string of the molecule is CC1CCN(C(=O)c2cc(-c3ccccc3)nc3c(C(N)=O)ncn23)CC1. The highest BCUT2D eigenvalue weighted by atomic mass is 16.2. The summed E-state index contributed by atoms with van der Waals surface area (Å²) in [6.07, 6.45) is 3.42. The molecule has 4 rings (SSSR count). The summed E-state index contributed by atoms with van der Waals surface area (Å²) in [5.41, 5.74) is 7.72. The van der Waals surface area contributed by atoms with E-state index in [1.165, 1.54) is 6.33 Å². The third-order valence-electron chi connectivity index (χ3n) is 5.09. The molecule has 7 nitrogen and oxygen atoms in total. The highest BCUT2D eigenvalue weighted by Crippen LogP contribution is 2.24. The van der Waals surface area contributed by atoms with Crippen molar-refractivity contribution in [1.82, 2.24) is 19.3 Å². The molecule has 3 aromatic rings. The molecule has 138 valence electrons. The fourth-order valence-corrected chi connectivity index (χ4v) is 3.44. The average Bonchev–Trinajstić information content (AvgIpc) is 3.12. The minimum Gasteiger partial charge on any atom is -0.364 e. The number of imidazole rings is 1. The van der Waals surface area contributed by atoms with Gasteiger partial charge in [0.05, 0.1) is 5.69 Å². The van der Waals surface area contributed by atoms with Gasteiger partial charge in [0, 0.05) is 18.7 Å². The fourth-order valence-electron chi connectivity index (χ4n) is 3.44. The molecule has 1 aliphatic rings. The molecule has 1 saturated heterocycles. The lowest BCUT2D eigenvalue weighted by Crippen LogP contribution is -2.38. The molecule has 0 spiro atoms. The van der Waals surface area contributed by atoms with E-state index in [1.54, 1.807) is 10.5 Å². The molecule has 0 unspecified atom stereocenters. The van der Waals surface area contributed by atoms with Crippen LogP contribution in [0.3, 0.4) is 0 Å². The number of nitrogens with zero attached hydrogens (tertiary/aromatic N) is 4. The third kappa shape index (κ3) is 3.16. The van der Waals surface area contributed by atoms with Gasteiger partial charge in [-0.1, -0.05) is 37.3 Å². The van der Waals surface area contributed by atoms with Gasteiger partial charge >= 0.3 is 0 Å². The number of amides is 2. The number of piperidine rings is 1. The number of carbonyl (C=O) groups excluding carboxylic acids is 2. The van der Waals surface area contributed by atoms with E-state index in [0.717, 1.165) is 31.5 Å². The van der Waals surface area contributed by atoms with Crippen LogP contribution in [-0.4, -0.2) is 44.2 Å². The molecular formula is C20H21N5O2. The van der Waals surface area contributed by atoms with Gasteiger partial charge in [0.25, 0.3) is 11.8 Å². The van der Waals surface area contributed by atoms with Crippen LogP contribution in [0.2, 0.25) is 0 Å². The summed E-state index contributed by atoms with van der Waals surface area (Å²) in [6.45, 7) is 3.65. The minimum absolute atomic E-state index is 0.0640. The lowest BCUT2D eigenvalue weighted by molar-refractivity contribution is 0.0689. The van der Waals surface area contributed by atoms with Crippen LogP contribution in [0.1, 0.15) is 40.7 Å². The van der Waals surface area contributed by atoms with Crippen LogP contribution in [-0.2, 0) is 0 Å². The summed E-state index contributed by atoms with van der Waals surface area (Å²) >= 11 is 0. The highest BCUT2D eigenvalue weighted by molar-refractivity contribution is 5.99. The predicted molar refractivity (Wildman–Crippen MR) is 101 cm³/mol. The van der Waals surface area contributed by atoms with Crippen molar-refractivity contribution in [3.63, 3.8) is 0 Å². The van der Waals surface area contributed by atoms with E-state index in [1.807, 2.05) is 35.2 Å². The summed E-state index contributed by atoms with van der Waals surface area (Å²) in [4.78, 5) is 35.5. The van der Waals surface area contributed by atoms with Crippen LogP contribution in [0.15, 0.2) is 42.7 Å². The normalized spacial score (nSPS) is 15.2. The maximum absolute atomic E-state index is 13.2. The number of hydrogen-bond donors (Lipinski definition) is 1. The van der Waals surface area contributed by atoms with Gasteiger partial charge in [-0.3, -0.25) is 14.0 Å². The second-order valence-electron chi connectivity index (χ2n) is 7.02. The number of aromatic nitrogens is 3. The zero-order valence-corrected chi connectivity index (χ0v) is 15.1. The molecule has 0 aliphatic carbocycles. The number of rotatable bonds is 3. The van der Waals surface area contributed by atoms with Crippen LogP contribution in [0.5, 0.6) is 0 Å². The number of primary amides is 1. The Balaban J connectivity index is 1.85. The number of fused-ring (bicyclic) bond motifs is 1. The Labute approximate surface area is 156 Å². The van der Waals surface area contributed by atoms with Crippen LogP contribution >= 0.6 is 0 Å². The Hall–Kier alpha value is -3.22. The van der Waals surface area contributed by atoms with Crippen LogP contribution in [0.4, 0.5) is 0 Å². The standard InChI is InChI=1S/C20H21N5O2/c1-13-7-9-24(10-8-13)20(27)16-11-15(14-5-3-2-4-6-14)23-19-17(18(21)26)22-12-25(16)19/h2-6,11-13H,7-10H2,1H3,(H2,21,26). The molecule has 0 bridgehead atoms. The van der Waals surface area contributed by atoms with Crippen molar-refractivity contribution in [1.29, 1.82) is 0 Å². The first-order valence-electron chi connectivity index (χ1n) is 9.07. The van der Waals surface area contributed by atoms with E-state index in [-0.39, 0.29) is 11.6 Å². The Bertz CT molecular complexity index is 1000. The number of likely N-dealkylation sites (tertiary alicyclic amines) is 1. The quantitative estimate of drug-likeness (QED) is 0.773. The molecule has 2 N–H and O–H groups in total. The maximum Gasteiger partial charge on any atom is 0.271 e. The van der Waals surface area contributed by atoms with Crippen molar-refractivity contribution in [2.75, 3.05) is 13.1 Å². The molecular weight excluding hydrogens is 342 g/mol. The van der Waals surface area contributed by atoms with E-state index in [4.69, 9.17) is 5.73 Å². The van der Waals surface area contributed by atoms with Crippen molar-refractivity contribution in [3.8, 4) is 11.3 Å². The van der Waals surface area contributed by atoms with Crippen molar-refractivity contribution in [2.24, 2.45) is 11.7 Å². The molecule has 2 aromatic heterocycles. The second kappa shape index (κ2) is 6.83. The van der Waals surface area contributed by atoms with Gasteiger partial charge in [0.1, 0.15) is 12.0 Å². The number of carbonyl (C=O) groups is 2. The summed E-state index contributed by atoms with van der Waals surface area (Å²) in [5, 5.41) is 0. The van der Waals surface area contributed by atoms with Gasteiger partial charge in [-0.25, -0.2) is 9.97 Å². The van der Waals surface area contributed by atoms with Gasteiger partial charge in [-0.05, 0) is 24.8 Å². The maximum atomic E-state index is 13.2. The molecule has 2 amide bonds. The topological polar surface area (TPSA) is 93.6 Å². The molecule has 7 heteroatoms. The van der Waals surface area contributed by atoms with Gasteiger partial charge in [0.2, 0.25) is 0 Å². The molecule has 0 saturated carbocycles. The van der Waals surface area contributed by atoms with E-state index >= 15 is 0 Å². The lowest BCUT2D eigenvalue weighted by atomic mass is 9.99. The first kappa shape index (κ1) is 17.2. The molecule has 1 fully saturated rings. The van der Waals surface area contributed by atoms with E-state index in [0.29, 0.717) is 23.0 Å². The van der Waals surface area contributed by atoms with Crippen LogP contribution in [0.25, 0.3) is 16.9 Å². The zero-order valence-electron chi connectivity index (χ0n) is 15.1. The molecule has 3 heterocycles. The first-order valence-corrected chi connectivity index (χ1v) is 9.07. The Morgan fingerprint density at radius 1 is 1.15 bits per heavy atom. The Kier molecular flexibility index (Phi) is 4.35. The molecule has 0 radical (unpaired) electrons. The van der Waals surface area contributed by atoms with Gasteiger partial charge in [-0.2, -0.15) is 0 Å². The van der Waals surface area contributed by atoms with Gasteiger partial charge in [0.15, 0.2) is 11.3 Å². The van der Waals surface area contributed by atoms with Crippen molar-refractivity contribution in [3.05, 3.63) is 54.1 Å². The number of hydrogen-bond acceptors (Lipinski definition) is 4. The molecule has 27 heavy (non-hydrogen) atoms. The predicted octanol–water partition coefficient (Wildman–Crippen LogP) is 2.37. The molecule has 1 aromatic carbocycles. The Morgan fingerprint density at radius 2 is 1.85 bits per heavy atom. The minimum atomic E-state index is -0.666. The Morgan fingerprint density at radius 3 is 2.52 bits per heavy atom. The lowest BCUT2D eigenvalue weighted by Gasteiger charge is -2.30. The van der Waals surface area contributed by atoms with Gasteiger partial charge < -0.3 is 10.6 Å². The van der Waals surface area contributed by atoms with Crippen molar-refractivity contribution in [2.45, 2.75) is 19.8 Å². The first-order chi connectivity index (χ1) is 13.0.